The molecule has 1 fully saturated rings. The Morgan fingerprint density at radius 2 is 2.00 bits per heavy atom. The molecule has 0 aliphatic heterocycles. The van der Waals surface area contributed by atoms with Gasteiger partial charge >= 0.3 is 0 Å². The molecule has 0 spiro atoms. The summed E-state index contributed by atoms with van der Waals surface area (Å²) in [6.07, 6.45) is 6.41. The molecule has 2 rings (SSSR count). The summed E-state index contributed by atoms with van der Waals surface area (Å²) in [6.45, 7) is 7.68. The second-order valence-corrected chi connectivity index (χ2v) is 6.57. The molecule has 0 amide bonds. The van der Waals surface area contributed by atoms with Gasteiger partial charge in [0.1, 0.15) is 5.82 Å². The lowest BCUT2D eigenvalue weighted by Crippen LogP contribution is -2.41. The molecule has 2 unspecified atom stereocenters. The fourth-order valence-corrected chi connectivity index (χ4v) is 3.54. The van der Waals surface area contributed by atoms with Crippen LogP contribution in [-0.2, 0) is 6.42 Å². The first-order chi connectivity index (χ1) is 9.58. The van der Waals surface area contributed by atoms with E-state index < -0.39 is 0 Å². The van der Waals surface area contributed by atoms with Gasteiger partial charge in [0.25, 0.3) is 0 Å². The Balaban J connectivity index is 1.85. The summed E-state index contributed by atoms with van der Waals surface area (Å²) in [5.74, 6) is 1.45. The molecule has 1 nitrogen and oxygen atoms in total. The Hall–Kier alpha value is -0.890. The molecule has 2 atom stereocenters. The van der Waals surface area contributed by atoms with Crippen molar-refractivity contribution < 1.29 is 4.39 Å². The Labute approximate surface area is 123 Å². The molecule has 1 N–H and O–H groups in total. The van der Waals surface area contributed by atoms with Crippen molar-refractivity contribution in [2.24, 2.45) is 11.8 Å². The average molecular weight is 277 g/mol. The molecule has 0 heterocycles. The van der Waals surface area contributed by atoms with Crippen LogP contribution in [0.15, 0.2) is 18.2 Å². The van der Waals surface area contributed by atoms with Crippen LogP contribution in [-0.4, -0.2) is 12.6 Å². The second kappa shape index (κ2) is 7.21. The molecule has 1 aliphatic carbocycles. The van der Waals surface area contributed by atoms with Gasteiger partial charge in [0.05, 0.1) is 0 Å². The van der Waals surface area contributed by atoms with E-state index in [-0.39, 0.29) is 5.82 Å². The van der Waals surface area contributed by atoms with E-state index in [0.29, 0.717) is 6.04 Å². The Bertz CT molecular complexity index is 427. The third kappa shape index (κ3) is 4.05. The van der Waals surface area contributed by atoms with E-state index in [9.17, 15) is 4.39 Å². The van der Waals surface area contributed by atoms with Crippen LogP contribution in [0.4, 0.5) is 4.39 Å². The van der Waals surface area contributed by atoms with Crippen molar-refractivity contribution in [2.75, 3.05) is 6.54 Å². The summed E-state index contributed by atoms with van der Waals surface area (Å²) in [6, 6.07) is 5.80. The molecule has 1 saturated carbocycles. The van der Waals surface area contributed by atoms with Crippen LogP contribution in [0.25, 0.3) is 0 Å². The lowest BCUT2D eigenvalue weighted by atomic mass is 9.78. The first kappa shape index (κ1) is 15.5. The number of nitrogens with one attached hydrogen (secondary N) is 1. The van der Waals surface area contributed by atoms with Crippen molar-refractivity contribution in [3.8, 4) is 0 Å². The topological polar surface area (TPSA) is 12.0 Å². The van der Waals surface area contributed by atoms with Crippen LogP contribution in [0.5, 0.6) is 0 Å². The standard InChI is InChI=1S/C18H28FN/c1-13(2)17-6-4-5-7-18(17)20-11-10-15-8-9-16(19)12-14(15)3/h8-9,12-13,17-18,20H,4-7,10-11H2,1-3H3. The zero-order chi connectivity index (χ0) is 14.5. The highest BCUT2D eigenvalue weighted by atomic mass is 19.1. The fourth-order valence-electron chi connectivity index (χ4n) is 3.54. The Kier molecular flexibility index (Phi) is 5.59. The number of halogens is 1. The van der Waals surface area contributed by atoms with Gasteiger partial charge in [-0.1, -0.05) is 32.8 Å². The number of hydrogen-bond donors (Lipinski definition) is 1. The molecule has 2 heteroatoms. The molecule has 1 aromatic carbocycles. The summed E-state index contributed by atoms with van der Waals surface area (Å²) in [4.78, 5) is 0. The zero-order valence-corrected chi connectivity index (χ0v) is 13.1. The van der Waals surface area contributed by atoms with E-state index in [1.165, 1.54) is 31.2 Å². The van der Waals surface area contributed by atoms with Crippen LogP contribution >= 0.6 is 0 Å². The van der Waals surface area contributed by atoms with Gasteiger partial charge in [0.2, 0.25) is 0 Å². The van der Waals surface area contributed by atoms with Crippen molar-refractivity contribution in [3.05, 3.63) is 35.1 Å². The van der Waals surface area contributed by atoms with Crippen LogP contribution in [0, 0.1) is 24.6 Å². The Morgan fingerprint density at radius 1 is 1.25 bits per heavy atom. The van der Waals surface area contributed by atoms with Gasteiger partial charge in [0.15, 0.2) is 0 Å². The zero-order valence-electron chi connectivity index (χ0n) is 13.1. The van der Waals surface area contributed by atoms with E-state index in [0.717, 1.165) is 30.4 Å². The predicted molar refractivity (Wildman–Crippen MR) is 83.4 cm³/mol. The van der Waals surface area contributed by atoms with Crippen molar-refractivity contribution in [3.63, 3.8) is 0 Å². The highest BCUT2D eigenvalue weighted by Gasteiger charge is 2.26. The highest BCUT2D eigenvalue weighted by Crippen LogP contribution is 2.30. The second-order valence-electron chi connectivity index (χ2n) is 6.57. The normalized spacial score (nSPS) is 23.2. The van der Waals surface area contributed by atoms with Crippen molar-refractivity contribution in [1.82, 2.24) is 5.32 Å². The number of benzene rings is 1. The smallest absolute Gasteiger partial charge is 0.123 e. The van der Waals surface area contributed by atoms with Gasteiger partial charge in [-0.15, -0.1) is 0 Å². The summed E-state index contributed by atoms with van der Waals surface area (Å²) >= 11 is 0. The van der Waals surface area contributed by atoms with Crippen molar-refractivity contribution >= 4 is 0 Å². The van der Waals surface area contributed by atoms with E-state index in [1.54, 1.807) is 12.1 Å². The quantitative estimate of drug-likeness (QED) is 0.836. The Morgan fingerprint density at radius 3 is 2.70 bits per heavy atom. The predicted octanol–water partition coefficient (Wildman–Crippen LogP) is 4.48. The summed E-state index contributed by atoms with van der Waals surface area (Å²) in [5.41, 5.74) is 2.33. The first-order valence-corrected chi connectivity index (χ1v) is 8.06. The molecular formula is C18H28FN. The average Bonchev–Trinajstić information content (AvgIpc) is 2.41. The molecule has 1 aliphatic rings. The van der Waals surface area contributed by atoms with E-state index in [1.807, 2.05) is 13.0 Å². The third-order valence-corrected chi connectivity index (χ3v) is 4.78. The molecule has 0 saturated heterocycles. The van der Waals surface area contributed by atoms with Crippen LogP contribution in [0.3, 0.4) is 0 Å². The molecular weight excluding hydrogens is 249 g/mol. The lowest BCUT2D eigenvalue weighted by molar-refractivity contribution is 0.207. The van der Waals surface area contributed by atoms with Crippen molar-refractivity contribution in [2.45, 2.75) is 58.9 Å². The minimum Gasteiger partial charge on any atom is -0.313 e. The van der Waals surface area contributed by atoms with E-state index >= 15 is 0 Å². The molecule has 0 bridgehead atoms. The van der Waals surface area contributed by atoms with Gasteiger partial charge in [-0.3, -0.25) is 0 Å². The number of hydrogen-bond acceptors (Lipinski definition) is 1. The van der Waals surface area contributed by atoms with Gasteiger partial charge < -0.3 is 5.32 Å². The van der Waals surface area contributed by atoms with Crippen LogP contribution in [0.2, 0.25) is 0 Å². The summed E-state index contributed by atoms with van der Waals surface area (Å²) < 4.78 is 13.1. The van der Waals surface area contributed by atoms with Gasteiger partial charge in [0, 0.05) is 6.04 Å². The maximum Gasteiger partial charge on any atom is 0.123 e. The fraction of sp³-hybridized carbons (Fsp3) is 0.667. The summed E-state index contributed by atoms with van der Waals surface area (Å²) in [7, 11) is 0. The monoisotopic (exact) mass is 277 g/mol. The first-order valence-electron chi connectivity index (χ1n) is 8.06. The molecule has 112 valence electrons. The molecule has 0 aromatic heterocycles. The van der Waals surface area contributed by atoms with Crippen molar-refractivity contribution in [1.29, 1.82) is 0 Å². The number of rotatable bonds is 5. The molecule has 0 radical (unpaired) electrons. The third-order valence-electron chi connectivity index (χ3n) is 4.78. The summed E-state index contributed by atoms with van der Waals surface area (Å²) in [5, 5.41) is 3.75. The van der Waals surface area contributed by atoms with Gasteiger partial charge in [-0.25, -0.2) is 4.39 Å². The van der Waals surface area contributed by atoms with Gasteiger partial charge in [-0.05, 0) is 67.8 Å². The maximum absolute atomic E-state index is 13.1. The van der Waals surface area contributed by atoms with E-state index in [2.05, 4.69) is 19.2 Å². The van der Waals surface area contributed by atoms with Gasteiger partial charge in [-0.2, -0.15) is 0 Å². The van der Waals surface area contributed by atoms with Crippen LogP contribution in [0.1, 0.15) is 50.7 Å². The minimum atomic E-state index is -0.133. The van der Waals surface area contributed by atoms with E-state index in [4.69, 9.17) is 0 Å². The minimum absolute atomic E-state index is 0.133. The lowest BCUT2D eigenvalue weighted by Gasteiger charge is -2.35. The van der Waals surface area contributed by atoms with Crippen LogP contribution < -0.4 is 5.32 Å². The maximum atomic E-state index is 13.1. The molecule has 20 heavy (non-hydrogen) atoms. The largest absolute Gasteiger partial charge is 0.313 e. The molecule has 1 aromatic rings. The number of aryl methyl sites for hydroxylation is 1. The highest BCUT2D eigenvalue weighted by molar-refractivity contribution is 5.26. The SMILES string of the molecule is Cc1cc(F)ccc1CCNC1CCCCC1C(C)C.